The van der Waals surface area contributed by atoms with Crippen molar-refractivity contribution in [1.82, 2.24) is 20.9 Å². The first-order valence-corrected chi connectivity index (χ1v) is 29.0. The third kappa shape index (κ3) is 38.8. The highest BCUT2D eigenvalue weighted by Gasteiger charge is 2.16. The van der Waals surface area contributed by atoms with Crippen LogP contribution in [0.2, 0.25) is 0 Å². The van der Waals surface area contributed by atoms with Gasteiger partial charge in [0, 0.05) is 19.4 Å². The summed E-state index contributed by atoms with van der Waals surface area (Å²) in [5.74, 6) is 0.543. The molecule has 1 atom stereocenters. The van der Waals surface area contributed by atoms with Crippen molar-refractivity contribution in [3.8, 4) is 0 Å². The average Bonchev–Trinajstić information content (AvgIpc) is 3.96. The summed E-state index contributed by atoms with van der Waals surface area (Å²) in [5, 5.41) is 9.34. The minimum atomic E-state index is -0.0484. The van der Waals surface area contributed by atoms with Gasteiger partial charge in [0.15, 0.2) is 11.1 Å². The van der Waals surface area contributed by atoms with E-state index in [0.29, 0.717) is 25.3 Å². The van der Waals surface area contributed by atoms with Crippen LogP contribution in [0.15, 0.2) is 9.98 Å². The summed E-state index contributed by atoms with van der Waals surface area (Å²) in [4.78, 5) is 57.8. The second-order valence-corrected chi connectivity index (χ2v) is 19.8. The van der Waals surface area contributed by atoms with Crippen LogP contribution < -0.4 is 16.0 Å². The maximum absolute atomic E-state index is 12.8. The van der Waals surface area contributed by atoms with Gasteiger partial charge in [0.1, 0.15) is 25.3 Å². The van der Waals surface area contributed by atoms with Gasteiger partial charge < -0.3 is 25.0 Å². The lowest BCUT2D eigenvalue weighted by Gasteiger charge is -2.22. The smallest absolute Gasteiger partial charge is 0.306 e. The normalized spacial score (nSPS) is 13.8. The first-order valence-electron chi connectivity index (χ1n) is 27.8. The van der Waals surface area contributed by atoms with E-state index < -0.39 is 0 Å². The molecule has 2 amide bonds. The number of amidine groups is 1. The minimum Gasteiger partial charge on any atom is -0.462 e. The Kier molecular flexibility index (Phi) is 42.6. The topological polar surface area (TPSA) is 151 Å². The number of amides is 2. The average molecular weight is 964 g/mol. The fourth-order valence-corrected chi connectivity index (χ4v) is 9.00. The number of nitrogens with zero attached hydrogens (tertiary/aromatic N) is 3. The van der Waals surface area contributed by atoms with Crippen LogP contribution in [0.5, 0.6) is 0 Å². The molecule has 0 saturated heterocycles. The van der Waals surface area contributed by atoms with E-state index in [2.05, 4.69) is 58.5 Å². The number of esters is 2. The van der Waals surface area contributed by atoms with Crippen LogP contribution in [0, 0.1) is 0 Å². The number of unbranched alkanes of at least 4 members (excludes halogenated alkanes) is 23. The molecule has 13 heteroatoms. The molecule has 0 saturated carbocycles. The molecule has 2 rings (SSSR count). The van der Waals surface area contributed by atoms with Gasteiger partial charge >= 0.3 is 11.9 Å². The summed E-state index contributed by atoms with van der Waals surface area (Å²) in [6, 6.07) is 0. The van der Waals surface area contributed by atoms with Gasteiger partial charge in [0.25, 0.3) is 0 Å². The van der Waals surface area contributed by atoms with E-state index in [1.54, 1.807) is 0 Å². The third-order valence-electron chi connectivity index (χ3n) is 12.8. The van der Waals surface area contributed by atoms with E-state index in [0.717, 1.165) is 115 Å². The minimum absolute atomic E-state index is 0.00523. The molecule has 2 heterocycles. The molecule has 0 fully saturated rings. The molecule has 67 heavy (non-hydrogen) atoms. The van der Waals surface area contributed by atoms with Gasteiger partial charge in [-0.25, -0.2) is 4.99 Å². The SMILES string of the molecule is CCCCCCCCC(CC)OC(=O)CCCCCCCN(CCCCCCCC(=O)OC(CCCCCCCC)CCCCCCCC)CCCNC1=NCC(=O)N1.CSC1=NCC(=O)N1. The second-order valence-electron chi connectivity index (χ2n) is 19.0. The third-order valence-corrected chi connectivity index (χ3v) is 13.4. The van der Waals surface area contributed by atoms with Crippen molar-refractivity contribution < 1.29 is 28.7 Å². The van der Waals surface area contributed by atoms with Crippen LogP contribution >= 0.6 is 11.8 Å². The van der Waals surface area contributed by atoms with Crippen molar-refractivity contribution in [3.63, 3.8) is 0 Å². The van der Waals surface area contributed by atoms with Crippen molar-refractivity contribution >= 4 is 46.6 Å². The molecule has 0 aromatic carbocycles. The maximum Gasteiger partial charge on any atom is 0.306 e. The molecule has 3 N–H and O–H groups in total. The summed E-state index contributed by atoms with van der Waals surface area (Å²) in [5.41, 5.74) is 0. The number of aliphatic imine (C=N–C) groups is 2. The van der Waals surface area contributed by atoms with E-state index >= 15 is 0 Å². The lowest BCUT2D eigenvalue weighted by molar-refractivity contribution is -0.150. The van der Waals surface area contributed by atoms with E-state index in [1.165, 1.54) is 140 Å². The van der Waals surface area contributed by atoms with Crippen molar-refractivity contribution in [2.45, 2.75) is 265 Å². The predicted molar refractivity (Wildman–Crippen MR) is 283 cm³/mol. The summed E-state index contributed by atoms with van der Waals surface area (Å²) >= 11 is 1.45. The Hall–Kier alpha value is -2.67. The zero-order valence-electron chi connectivity index (χ0n) is 43.8. The number of rotatable bonds is 44. The molecule has 0 radical (unpaired) electrons. The van der Waals surface area contributed by atoms with Gasteiger partial charge in [0.2, 0.25) is 11.8 Å². The number of carbonyl (C=O) groups excluding carboxylic acids is 4. The fourth-order valence-electron chi connectivity index (χ4n) is 8.59. The summed E-state index contributed by atoms with van der Waals surface area (Å²) in [7, 11) is 0. The summed E-state index contributed by atoms with van der Waals surface area (Å²) in [6.07, 6.45) is 42.1. The predicted octanol–water partition coefficient (Wildman–Crippen LogP) is 12.8. The van der Waals surface area contributed by atoms with Crippen LogP contribution in [-0.2, 0) is 28.7 Å². The maximum atomic E-state index is 12.8. The molecular formula is C54H102N6O6S. The number of ether oxygens (including phenoxy) is 2. The van der Waals surface area contributed by atoms with E-state index in [9.17, 15) is 19.2 Å². The Labute approximate surface area is 414 Å². The van der Waals surface area contributed by atoms with Crippen LogP contribution in [0.3, 0.4) is 0 Å². The van der Waals surface area contributed by atoms with Gasteiger partial charge in [-0.2, -0.15) is 0 Å². The molecule has 1 unspecified atom stereocenters. The highest BCUT2D eigenvalue weighted by atomic mass is 32.2. The summed E-state index contributed by atoms with van der Waals surface area (Å²) < 4.78 is 11.9. The van der Waals surface area contributed by atoms with Crippen molar-refractivity contribution in [2.24, 2.45) is 9.98 Å². The lowest BCUT2D eigenvalue weighted by atomic mass is 10.0. The Morgan fingerprint density at radius 3 is 1.36 bits per heavy atom. The largest absolute Gasteiger partial charge is 0.462 e. The molecule has 12 nitrogen and oxygen atoms in total. The highest BCUT2D eigenvalue weighted by Crippen LogP contribution is 2.19. The number of hydrogen-bond acceptors (Lipinski definition) is 11. The van der Waals surface area contributed by atoms with Gasteiger partial charge in [-0.15, -0.1) is 0 Å². The number of hydrogen-bond donors (Lipinski definition) is 3. The quantitative estimate of drug-likeness (QED) is 0.0400. The molecule has 2 aliphatic rings. The van der Waals surface area contributed by atoms with Gasteiger partial charge in [0.05, 0.1) is 0 Å². The van der Waals surface area contributed by atoms with Gasteiger partial charge in [-0.3, -0.25) is 29.5 Å². The number of guanidine groups is 1. The molecule has 0 spiro atoms. The van der Waals surface area contributed by atoms with E-state index in [1.807, 2.05) is 6.26 Å². The number of thioether (sulfide) groups is 1. The molecular weight excluding hydrogens is 861 g/mol. The zero-order chi connectivity index (χ0) is 48.8. The molecule has 0 aromatic heterocycles. The Morgan fingerprint density at radius 1 is 0.537 bits per heavy atom. The molecule has 0 aliphatic carbocycles. The Morgan fingerprint density at radius 2 is 0.940 bits per heavy atom. The van der Waals surface area contributed by atoms with Crippen LogP contribution in [-0.4, -0.2) is 97.5 Å². The first kappa shape index (κ1) is 62.3. The van der Waals surface area contributed by atoms with Crippen LogP contribution in [0.25, 0.3) is 0 Å². The molecule has 0 aromatic rings. The van der Waals surface area contributed by atoms with Gasteiger partial charge in [-0.1, -0.05) is 174 Å². The molecule has 2 aliphatic heterocycles. The van der Waals surface area contributed by atoms with Crippen molar-refractivity contribution in [1.29, 1.82) is 0 Å². The summed E-state index contributed by atoms with van der Waals surface area (Å²) in [6.45, 7) is 13.4. The second kappa shape index (κ2) is 45.8. The fraction of sp³-hybridized carbons (Fsp3) is 0.889. The first-order chi connectivity index (χ1) is 32.7. The monoisotopic (exact) mass is 963 g/mol. The van der Waals surface area contributed by atoms with Crippen molar-refractivity contribution in [3.05, 3.63) is 0 Å². The molecule has 0 bridgehead atoms. The Balaban J connectivity index is 0.00000252. The highest BCUT2D eigenvalue weighted by molar-refractivity contribution is 8.13. The zero-order valence-corrected chi connectivity index (χ0v) is 44.7. The standard InChI is InChI=1S/C50H96N4O5.C4H6N2OS/c1-5-9-12-15-20-27-35-45(8-4)58-48(56)38-30-23-18-25-32-41-54(43-34-40-51-50-52-44-47(55)53-50)42-33-26-19-24-31-39-49(57)59-46(36-28-21-16-13-10-6-2)37-29-22-17-14-11-7-3;1-8-4-5-2-3(7)6-4/h45-46H,5-44H2,1-4H3,(H2,51,52,53,55);2H2,1H3,(H,5,6,7). The van der Waals surface area contributed by atoms with E-state index in [4.69, 9.17) is 9.47 Å². The lowest BCUT2D eigenvalue weighted by Crippen LogP contribution is -2.38. The Bertz CT molecular complexity index is 1280. The van der Waals surface area contributed by atoms with Crippen LogP contribution in [0.1, 0.15) is 252 Å². The number of nitrogens with one attached hydrogen (secondary N) is 3. The van der Waals surface area contributed by atoms with E-state index in [-0.39, 0.29) is 42.5 Å². The van der Waals surface area contributed by atoms with Gasteiger partial charge in [-0.05, 0) is 103 Å². The number of carbonyl (C=O) groups is 4. The van der Waals surface area contributed by atoms with Crippen molar-refractivity contribution in [2.75, 3.05) is 45.5 Å². The van der Waals surface area contributed by atoms with Crippen LogP contribution in [0.4, 0.5) is 0 Å². The molecule has 390 valence electrons.